The molecule has 1 aromatic heterocycles. The fraction of sp³-hybridized carbons (Fsp3) is 0.467. The molecule has 2 nitrogen and oxygen atoms in total. The summed E-state index contributed by atoms with van der Waals surface area (Å²) in [6.07, 6.45) is -0.594. The number of fused-ring (bicyclic) bond motifs is 1. The summed E-state index contributed by atoms with van der Waals surface area (Å²) < 4.78 is 6.91. The molecule has 1 atom stereocenters. The molecule has 0 saturated carbocycles. The van der Waals surface area contributed by atoms with E-state index in [0.29, 0.717) is 5.76 Å². The van der Waals surface area contributed by atoms with E-state index in [1.165, 1.54) is 0 Å². The lowest BCUT2D eigenvalue weighted by atomic mass is 9.87. The fourth-order valence-electron chi connectivity index (χ4n) is 2.06. The molecule has 18 heavy (non-hydrogen) atoms. The van der Waals surface area contributed by atoms with Gasteiger partial charge < -0.3 is 9.52 Å². The molecular weight excluding hydrogens is 292 g/mol. The summed E-state index contributed by atoms with van der Waals surface area (Å²) >= 11 is 3.58. The Morgan fingerprint density at radius 2 is 1.83 bits per heavy atom. The molecule has 0 spiro atoms. The minimum absolute atomic E-state index is 0.228. The van der Waals surface area contributed by atoms with Gasteiger partial charge in [-0.25, -0.2) is 0 Å². The van der Waals surface area contributed by atoms with E-state index in [1.807, 2.05) is 39.8 Å². The van der Waals surface area contributed by atoms with Gasteiger partial charge in [-0.1, -0.05) is 36.7 Å². The second-order valence-corrected chi connectivity index (χ2v) is 6.75. The van der Waals surface area contributed by atoms with Gasteiger partial charge in [-0.15, -0.1) is 0 Å². The molecule has 1 unspecified atom stereocenters. The summed E-state index contributed by atoms with van der Waals surface area (Å²) in [5.41, 5.74) is 2.91. The van der Waals surface area contributed by atoms with Crippen LogP contribution in [-0.2, 0) is 0 Å². The summed E-state index contributed by atoms with van der Waals surface area (Å²) in [6.45, 7) is 10.1. The molecule has 1 aromatic carbocycles. The lowest BCUT2D eigenvalue weighted by Crippen LogP contribution is -2.16. The molecule has 0 aliphatic rings. The summed E-state index contributed by atoms with van der Waals surface area (Å²) in [6, 6.07) is 3.95. The van der Waals surface area contributed by atoms with Gasteiger partial charge in [0.15, 0.2) is 0 Å². The normalized spacial score (nSPS) is 14.2. The first-order valence-electron chi connectivity index (χ1n) is 6.09. The van der Waals surface area contributed by atoms with Crippen LogP contribution in [-0.4, -0.2) is 5.11 Å². The van der Waals surface area contributed by atoms with Gasteiger partial charge in [0.2, 0.25) is 0 Å². The molecule has 0 aliphatic heterocycles. The molecule has 0 fully saturated rings. The third-order valence-corrected chi connectivity index (χ3v) is 4.52. The third-order valence-electron chi connectivity index (χ3n) is 3.30. The standard InChI is InChI=1S/C15H19BrO2/c1-8-6-11-10(9(2)13(8)16)7-12(18-11)14(17)15(3,4)5/h6-7,14,17H,1-5H3. The van der Waals surface area contributed by atoms with Crippen LogP contribution in [0.2, 0.25) is 0 Å². The molecule has 0 bridgehead atoms. The van der Waals surface area contributed by atoms with Crippen molar-refractivity contribution in [1.29, 1.82) is 0 Å². The number of hydrogen-bond acceptors (Lipinski definition) is 2. The Balaban J connectivity index is 2.61. The maximum Gasteiger partial charge on any atom is 0.135 e. The summed E-state index contributed by atoms with van der Waals surface area (Å²) in [4.78, 5) is 0. The van der Waals surface area contributed by atoms with E-state index in [-0.39, 0.29) is 5.41 Å². The van der Waals surface area contributed by atoms with Crippen LogP contribution in [0.15, 0.2) is 21.0 Å². The SMILES string of the molecule is Cc1cc2oc(C(O)C(C)(C)C)cc2c(C)c1Br. The smallest absolute Gasteiger partial charge is 0.135 e. The Labute approximate surface area is 116 Å². The number of hydrogen-bond donors (Lipinski definition) is 1. The van der Waals surface area contributed by atoms with Crippen molar-refractivity contribution in [3.05, 3.63) is 33.5 Å². The Morgan fingerprint density at radius 1 is 1.22 bits per heavy atom. The predicted molar refractivity (Wildman–Crippen MR) is 77.8 cm³/mol. The van der Waals surface area contributed by atoms with E-state index in [0.717, 1.165) is 26.6 Å². The van der Waals surface area contributed by atoms with E-state index in [2.05, 4.69) is 22.9 Å². The first kappa shape index (κ1) is 13.6. The minimum Gasteiger partial charge on any atom is -0.458 e. The lowest BCUT2D eigenvalue weighted by molar-refractivity contribution is 0.0448. The molecule has 98 valence electrons. The molecule has 2 aromatic rings. The largest absolute Gasteiger partial charge is 0.458 e. The Hall–Kier alpha value is -0.800. The van der Waals surface area contributed by atoms with Gasteiger partial charge in [-0.3, -0.25) is 0 Å². The van der Waals surface area contributed by atoms with Crippen molar-refractivity contribution >= 4 is 26.9 Å². The van der Waals surface area contributed by atoms with Crippen molar-refractivity contribution in [3.8, 4) is 0 Å². The van der Waals surface area contributed by atoms with E-state index in [4.69, 9.17) is 4.42 Å². The van der Waals surface area contributed by atoms with Crippen LogP contribution in [0, 0.1) is 19.3 Å². The third kappa shape index (κ3) is 2.21. The van der Waals surface area contributed by atoms with Crippen LogP contribution in [0.4, 0.5) is 0 Å². The molecule has 0 amide bonds. The number of benzene rings is 1. The first-order valence-corrected chi connectivity index (χ1v) is 6.88. The van der Waals surface area contributed by atoms with E-state index in [1.54, 1.807) is 0 Å². The topological polar surface area (TPSA) is 33.4 Å². The number of rotatable bonds is 1. The maximum atomic E-state index is 10.3. The van der Waals surface area contributed by atoms with Crippen molar-refractivity contribution < 1.29 is 9.52 Å². The van der Waals surface area contributed by atoms with Gasteiger partial charge in [0.25, 0.3) is 0 Å². The molecule has 0 aliphatic carbocycles. The molecule has 0 saturated heterocycles. The van der Waals surface area contributed by atoms with Gasteiger partial charge in [0, 0.05) is 9.86 Å². The summed E-state index contributed by atoms with van der Waals surface area (Å²) in [5, 5.41) is 11.3. The second-order valence-electron chi connectivity index (χ2n) is 5.96. The first-order chi connectivity index (χ1) is 8.21. The van der Waals surface area contributed by atoms with Crippen LogP contribution in [0.3, 0.4) is 0 Å². The summed E-state index contributed by atoms with van der Waals surface area (Å²) in [7, 11) is 0. The number of aliphatic hydroxyl groups is 1. The average Bonchev–Trinajstić information content (AvgIpc) is 2.67. The second kappa shape index (κ2) is 4.39. The highest BCUT2D eigenvalue weighted by atomic mass is 79.9. The van der Waals surface area contributed by atoms with Crippen LogP contribution in [0.5, 0.6) is 0 Å². The highest BCUT2D eigenvalue weighted by Crippen LogP contribution is 2.38. The zero-order valence-electron chi connectivity index (χ0n) is 11.5. The van der Waals surface area contributed by atoms with Gasteiger partial charge in [-0.05, 0) is 42.5 Å². The number of aryl methyl sites for hydroxylation is 2. The zero-order chi connectivity index (χ0) is 13.7. The van der Waals surface area contributed by atoms with Crippen molar-refractivity contribution in [2.45, 2.75) is 40.7 Å². The van der Waals surface area contributed by atoms with Crippen LogP contribution in [0.25, 0.3) is 11.0 Å². The minimum atomic E-state index is -0.594. The number of halogens is 1. The maximum absolute atomic E-state index is 10.3. The van der Waals surface area contributed by atoms with Gasteiger partial charge in [0.05, 0.1) is 0 Å². The Morgan fingerprint density at radius 3 is 2.39 bits per heavy atom. The molecular formula is C15H19BrO2. The molecule has 2 rings (SSSR count). The van der Waals surface area contributed by atoms with Crippen LogP contribution < -0.4 is 0 Å². The zero-order valence-corrected chi connectivity index (χ0v) is 13.1. The number of aliphatic hydroxyl groups excluding tert-OH is 1. The van der Waals surface area contributed by atoms with E-state index >= 15 is 0 Å². The molecule has 1 N–H and O–H groups in total. The Bertz CT molecular complexity index is 591. The lowest BCUT2D eigenvalue weighted by Gasteiger charge is -2.23. The van der Waals surface area contributed by atoms with E-state index in [9.17, 15) is 5.11 Å². The predicted octanol–water partition coefficient (Wildman–Crippen LogP) is 4.89. The van der Waals surface area contributed by atoms with Crippen molar-refractivity contribution in [1.82, 2.24) is 0 Å². The molecule has 0 radical (unpaired) electrons. The molecule has 3 heteroatoms. The highest BCUT2D eigenvalue weighted by Gasteiger charge is 2.27. The number of furan rings is 1. The van der Waals surface area contributed by atoms with Crippen molar-refractivity contribution in [3.63, 3.8) is 0 Å². The average molecular weight is 311 g/mol. The van der Waals surface area contributed by atoms with Gasteiger partial charge >= 0.3 is 0 Å². The van der Waals surface area contributed by atoms with Crippen LogP contribution >= 0.6 is 15.9 Å². The molecule has 1 heterocycles. The van der Waals surface area contributed by atoms with Crippen LogP contribution in [0.1, 0.15) is 43.8 Å². The fourth-order valence-corrected chi connectivity index (χ4v) is 2.39. The van der Waals surface area contributed by atoms with E-state index < -0.39 is 6.10 Å². The highest BCUT2D eigenvalue weighted by molar-refractivity contribution is 9.10. The Kier molecular flexibility index (Phi) is 3.32. The van der Waals surface area contributed by atoms with Gasteiger partial charge in [-0.2, -0.15) is 0 Å². The van der Waals surface area contributed by atoms with Crippen molar-refractivity contribution in [2.24, 2.45) is 5.41 Å². The quantitative estimate of drug-likeness (QED) is 0.813. The monoisotopic (exact) mass is 310 g/mol. The van der Waals surface area contributed by atoms with Crippen molar-refractivity contribution in [2.75, 3.05) is 0 Å². The van der Waals surface area contributed by atoms with Gasteiger partial charge in [0.1, 0.15) is 17.4 Å². The summed E-state index contributed by atoms with van der Waals surface area (Å²) in [5.74, 6) is 0.637.